The topological polar surface area (TPSA) is 121 Å². The Morgan fingerprint density at radius 3 is 2.40 bits per heavy atom. The molecule has 176 valence electrons. The molecule has 0 atom stereocenters. The zero-order valence-corrected chi connectivity index (χ0v) is 19.6. The van der Waals surface area contributed by atoms with Gasteiger partial charge in [0.05, 0.1) is 19.9 Å². The molecule has 0 bridgehead atoms. The second-order valence-electron chi connectivity index (χ2n) is 7.43. The number of hydrogen-bond acceptors (Lipinski definition) is 8. The van der Waals surface area contributed by atoms with Crippen molar-refractivity contribution in [2.75, 3.05) is 18.9 Å². The average molecular weight is 489 g/mol. The van der Waals surface area contributed by atoms with Gasteiger partial charge in [-0.15, -0.1) is 10.2 Å². The van der Waals surface area contributed by atoms with Gasteiger partial charge in [0.2, 0.25) is 5.82 Å². The minimum absolute atomic E-state index is 0.0230. The van der Waals surface area contributed by atoms with Crippen molar-refractivity contribution < 1.29 is 17.9 Å². The molecular formula is C24H20N6O4S. The van der Waals surface area contributed by atoms with Gasteiger partial charge in [-0.2, -0.15) is 9.61 Å². The van der Waals surface area contributed by atoms with E-state index in [0.29, 0.717) is 34.3 Å². The second kappa shape index (κ2) is 9.03. The molecule has 3 aromatic heterocycles. The zero-order valence-electron chi connectivity index (χ0n) is 18.8. The summed E-state index contributed by atoms with van der Waals surface area (Å²) in [5.41, 5.74) is 3.08. The molecule has 0 fully saturated rings. The molecule has 0 saturated carbocycles. The lowest BCUT2D eigenvalue weighted by atomic mass is 10.1. The largest absolute Gasteiger partial charge is 0.497 e. The Bertz CT molecular complexity index is 1600. The molecule has 11 heteroatoms. The maximum absolute atomic E-state index is 13.0. The summed E-state index contributed by atoms with van der Waals surface area (Å²) in [6, 6.07) is 20.6. The zero-order chi connectivity index (χ0) is 24.4. The van der Waals surface area contributed by atoms with Gasteiger partial charge in [0, 0.05) is 23.5 Å². The maximum Gasteiger partial charge on any atom is 0.265 e. The normalized spacial score (nSPS) is 11.4. The van der Waals surface area contributed by atoms with Crippen LogP contribution in [0.4, 0.5) is 5.69 Å². The highest BCUT2D eigenvalue weighted by Gasteiger charge is 2.21. The van der Waals surface area contributed by atoms with Crippen molar-refractivity contribution in [3.8, 4) is 34.3 Å². The van der Waals surface area contributed by atoms with Gasteiger partial charge in [0.15, 0.2) is 5.65 Å². The van der Waals surface area contributed by atoms with Crippen LogP contribution in [0.2, 0.25) is 0 Å². The summed E-state index contributed by atoms with van der Waals surface area (Å²) < 4.78 is 40.6. The van der Waals surface area contributed by atoms with Crippen molar-refractivity contribution in [1.82, 2.24) is 24.8 Å². The molecule has 0 spiro atoms. The summed E-state index contributed by atoms with van der Waals surface area (Å²) in [6.45, 7) is 0. The van der Waals surface area contributed by atoms with E-state index in [1.807, 2.05) is 30.3 Å². The number of fused-ring (bicyclic) bond motifs is 1. The van der Waals surface area contributed by atoms with E-state index in [-0.39, 0.29) is 10.6 Å². The van der Waals surface area contributed by atoms with Gasteiger partial charge < -0.3 is 9.47 Å². The van der Waals surface area contributed by atoms with Crippen LogP contribution in [0.3, 0.4) is 0 Å². The van der Waals surface area contributed by atoms with Gasteiger partial charge in [-0.25, -0.2) is 8.42 Å². The Balaban J connectivity index is 1.43. The molecule has 2 aromatic carbocycles. The van der Waals surface area contributed by atoms with Crippen molar-refractivity contribution in [2.45, 2.75) is 4.90 Å². The fourth-order valence-corrected chi connectivity index (χ4v) is 4.75. The number of anilines is 1. The van der Waals surface area contributed by atoms with E-state index in [4.69, 9.17) is 9.47 Å². The van der Waals surface area contributed by atoms with Crippen molar-refractivity contribution >= 4 is 21.4 Å². The lowest BCUT2D eigenvalue weighted by molar-refractivity contribution is 0.392. The Labute approximate surface area is 201 Å². The van der Waals surface area contributed by atoms with Crippen molar-refractivity contribution in [3.05, 3.63) is 79.0 Å². The van der Waals surface area contributed by atoms with Crippen LogP contribution in [0.5, 0.6) is 11.5 Å². The van der Waals surface area contributed by atoms with E-state index in [0.717, 1.165) is 5.56 Å². The summed E-state index contributed by atoms with van der Waals surface area (Å²) in [4.78, 5) is 4.30. The van der Waals surface area contributed by atoms with Crippen molar-refractivity contribution in [2.24, 2.45) is 0 Å². The smallest absolute Gasteiger partial charge is 0.265 e. The first-order chi connectivity index (χ1) is 17.0. The summed E-state index contributed by atoms with van der Waals surface area (Å²) >= 11 is 0. The Morgan fingerprint density at radius 1 is 0.857 bits per heavy atom. The number of methoxy groups -OCH3 is 2. The third kappa shape index (κ3) is 4.36. The monoisotopic (exact) mass is 488 g/mol. The molecule has 0 amide bonds. The summed E-state index contributed by atoms with van der Waals surface area (Å²) in [5.74, 6) is 1.14. The van der Waals surface area contributed by atoms with Crippen LogP contribution in [0, 0.1) is 0 Å². The highest BCUT2D eigenvalue weighted by Crippen LogP contribution is 2.30. The third-order valence-electron chi connectivity index (χ3n) is 5.25. The van der Waals surface area contributed by atoms with Crippen LogP contribution in [0.15, 0.2) is 83.9 Å². The second-order valence-corrected chi connectivity index (χ2v) is 9.08. The highest BCUT2D eigenvalue weighted by molar-refractivity contribution is 7.92. The lowest BCUT2D eigenvalue weighted by Gasteiger charge is -2.13. The minimum Gasteiger partial charge on any atom is -0.497 e. The number of ether oxygens (including phenoxy) is 2. The van der Waals surface area contributed by atoms with Gasteiger partial charge in [-0.3, -0.25) is 9.71 Å². The first kappa shape index (κ1) is 22.3. The molecule has 0 unspecified atom stereocenters. The van der Waals surface area contributed by atoms with E-state index < -0.39 is 10.0 Å². The fraction of sp³-hybridized carbons (Fsp3) is 0.0833. The molecule has 5 aromatic rings. The minimum atomic E-state index is -3.92. The molecule has 0 aliphatic rings. The number of benzene rings is 2. The van der Waals surface area contributed by atoms with E-state index in [2.05, 4.69) is 25.0 Å². The van der Waals surface area contributed by atoms with Crippen molar-refractivity contribution in [1.29, 1.82) is 0 Å². The van der Waals surface area contributed by atoms with Crippen LogP contribution < -0.4 is 14.2 Å². The molecule has 0 saturated heterocycles. The molecule has 10 nitrogen and oxygen atoms in total. The molecular weight excluding hydrogens is 468 g/mol. The van der Waals surface area contributed by atoms with Crippen molar-refractivity contribution in [3.63, 3.8) is 0 Å². The van der Waals surface area contributed by atoms with Crippen LogP contribution in [-0.4, -0.2) is 47.4 Å². The summed E-state index contributed by atoms with van der Waals surface area (Å²) in [7, 11) is -1.04. The maximum atomic E-state index is 13.0. The predicted octanol–water partition coefficient (Wildman–Crippen LogP) is 3.67. The Morgan fingerprint density at radius 2 is 1.69 bits per heavy atom. The number of nitrogens with zero attached hydrogens (tertiary/aromatic N) is 5. The van der Waals surface area contributed by atoms with E-state index in [1.54, 1.807) is 47.1 Å². The van der Waals surface area contributed by atoms with E-state index >= 15 is 0 Å². The first-order valence-corrected chi connectivity index (χ1v) is 12.0. The highest BCUT2D eigenvalue weighted by atomic mass is 32.2. The number of nitrogens with one attached hydrogen (secondary N) is 1. The molecule has 0 radical (unpaired) electrons. The molecule has 1 N–H and O–H groups in total. The van der Waals surface area contributed by atoms with Gasteiger partial charge in [0.25, 0.3) is 10.0 Å². The molecule has 3 heterocycles. The number of pyridine rings is 1. The van der Waals surface area contributed by atoms with E-state index in [9.17, 15) is 8.42 Å². The van der Waals surface area contributed by atoms with Gasteiger partial charge >= 0.3 is 0 Å². The van der Waals surface area contributed by atoms with Crippen LogP contribution >= 0.6 is 0 Å². The van der Waals surface area contributed by atoms with Gasteiger partial charge in [0.1, 0.15) is 22.1 Å². The quantitative estimate of drug-likeness (QED) is 0.368. The molecule has 5 rings (SSSR count). The third-order valence-corrected chi connectivity index (χ3v) is 6.65. The number of hydrogen-bond donors (Lipinski definition) is 1. The standard InChI is InChI=1S/C24H20N6O4S/c1-33-18-10-12-21(34-2)22(15-18)35(31,32)29-17-8-6-16(7-9-17)19-11-13-23-26-27-24(30(23)28-19)20-5-3-4-14-25-20/h3-15,29H,1-2H3. The predicted molar refractivity (Wildman–Crippen MR) is 130 cm³/mol. The number of sulfonamides is 1. The molecule has 0 aliphatic carbocycles. The van der Waals surface area contributed by atoms with Gasteiger partial charge in [-0.05, 0) is 48.5 Å². The SMILES string of the molecule is COc1ccc(OC)c(S(=O)(=O)Nc2ccc(-c3ccc4nnc(-c5ccccn5)n4n3)cc2)c1. The van der Waals surface area contributed by atoms with Crippen LogP contribution in [0.1, 0.15) is 0 Å². The number of rotatable bonds is 7. The molecule has 0 aliphatic heterocycles. The Kier molecular flexibility index (Phi) is 5.75. The lowest BCUT2D eigenvalue weighted by Crippen LogP contribution is -2.14. The molecule has 35 heavy (non-hydrogen) atoms. The van der Waals surface area contributed by atoms with E-state index in [1.165, 1.54) is 20.3 Å². The Hall–Kier alpha value is -4.51. The summed E-state index contributed by atoms with van der Waals surface area (Å²) in [6.07, 6.45) is 1.68. The fourth-order valence-electron chi connectivity index (χ4n) is 3.51. The number of aromatic nitrogens is 5. The van der Waals surface area contributed by atoms with Gasteiger partial charge in [-0.1, -0.05) is 18.2 Å². The average Bonchev–Trinajstić information content (AvgIpc) is 3.32. The summed E-state index contributed by atoms with van der Waals surface area (Å²) in [5, 5.41) is 13.0. The van der Waals surface area contributed by atoms with Crippen LogP contribution in [0.25, 0.3) is 28.4 Å². The first-order valence-electron chi connectivity index (χ1n) is 10.5. The van der Waals surface area contributed by atoms with Crippen LogP contribution in [-0.2, 0) is 10.0 Å².